The summed E-state index contributed by atoms with van der Waals surface area (Å²) in [6.45, 7) is 3.48. The highest BCUT2D eigenvalue weighted by Crippen LogP contribution is 2.16. The van der Waals surface area contributed by atoms with Crippen LogP contribution in [0.5, 0.6) is 0 Å². The number of hydrogen-bond acceptors (Lipinski definition) is 4. The zero-order valence-corrected chi connectivity index (χ0v) is 8.63. The monoisotopic (exact) mass is 214 g/mol. The van der Waals surface area contributed by atoms with Crippen LogP contribution in [0.15, 0.2) is 11.4 Å². The predicted octanol–water partition coefficient (Wildman–Crippen LogP) is 2.01. The Morgan fingerprint density at radius 3 is 2.57 bits per heavy atom. The molecule has 0 amide bonds. The quantitative estimate of drug-likeness (QED) is 0.782. The lowest BCUT2D eigenvalue weighted by atomic mass is 10.3. The van der Waals surface area contributed by atoms with E-state index in [2.05, 4.69) is 0 Å². The van der Waals surface area contributed by atoms with E-state index in [1.165, 1.54) is 11.4 Å². The molecule has 0 aliphatic rings. The van der Waals surface area contributed by atoms with Gasteiger partial charge in [0.05, 0.1) is 11.7 Å². The van der Waals surface area contributed by atoms with Gasteiger partial charge in [0.2, 0.25) is 0 Å². The molecule has 5 heteroatoms. The maximum Gasteiger partial charge on any atom is 0.348 e. The second-order valence-corrected chi connectivity index (χ2v) is 3.87. The van der Waals surface area contributed by atoms with Crippen molar-refractivity contribution < 1.29 is 19.4 Å². The molecule has 0 unspecified atom stereocenters. The van der Waals surface area contributed by atoms with Crippen molar-refractivity contribution in [2.24, 2.45) is 0 Å². The van der Waals surface area contributed by atoms with E-state index < -0.39 is 11.9 Å². The average Bonchev–Trinajstić information content (AvgIpc) is 2.50. The van der Waals surface area contributed by atoms with Crippen molar-refractivity contribution in [2.45, 2.75) is 20.0 Å². The van der Waals surface area contributed by atoms with E-state index in [1.54, 1.807) is 13.8 Å². The first-order valence-electron chi connectivity index (χ1n) is 4.03. The summed E-state index contributed by atoms with van der Waals surface area (Å²) >= 11 is 1.07. The Kier molecular flexibility index (Phi) is 3.24. The van der Waals surface area contributed by atoms with E-state index in [0.29, 0.717) is 4.88 Å². The summed E-state index contributed by atoms with van der Waals surface area (Å²) in [5, 5.41) is 10.0. The molecule has 0 aliphatic heterocycles. The standard InChI is InChI=1S/C9H10O4S/c1-5(2)13-9(12)7-3-6(4-14-7)8(10)11/h3-5H,1-2H3,(H,10,11). The van der Waals surface area contributed by atoms with Crippen molar-refractivity contribution in [3.63, 3.8) is 0 Å². The molecule has 0 aliphatic carbocycles. The smallest absolute Gasteiger partial charge is 0.348 e. The third-order valence-electron chi connectivity index (χ3n) is 1.39. The molecule has 1 aromatic rings. The van der Waals surface area contributed by atoms with Crippen LogP contribution in [-0.2, 0) is 4.74 Å². The molecular formula is C9H10O4S. The Morgan fingerprint density at radius 1 is 1.50 bits per heavy atom. The third-order valence-corrected chi connectivity index (χ3v) is 2.30. The minimum atomic E-state index is -1.04. The first kappa shape index (κ1) is 10.7. The van der Waals surface area contributed by atoms with Crippen LogP contribution in [-0.4, -0.2) is 23.1 Å². The Hall–Kier alpha value is -1.36. The van der Waals surface area contributed by atoms with Crippen LogP contribution in [0, 0.1) is 0 Å². The number of carboxylic acid groups (broad SMARTS) is 1. The van der Waals surface area contributed by atoms with Gasteiger partial charge < -0.3 is 9.84 Å². The molecule has 0 spiro atoms. The fourth-order valence-corrected chi connectivity index (χ4v) is 1.59. The average molecular weight is 214 g/mol. The van der Waals surface area contributed by atoms with Crippen LogP contribution < -0.4 is 0 Å². The van der Waals surface area contributed by atoms with E-state index in [9.17, 15) is 9.59 Å². The number of rotatable bonds is 3. The van der Waals surface area contributed by atoms with E-state index >= 15 is 0 Å². The second kappa shape index (κ2) is 4.23. The summed E-state index contributed by atoms with van der Waals surface area (Å²) in [5.41, 5.74) is 0.116. The molecular weight excluding hydrogens is 204 g/mol. The molecule has 1 aromatic heterocycles. The lowest BCUT2D eigenvalue weighted by Crippen LogP contribution is -2.10. The first-order valence-corrected chi connectivity index (χ1v) is 4.91. The van der Waals surface area contributed by atoms with Gasteiger partial charge in [0.1, 0.15) is 4.88 Å². The second-order valence-electron chi connectivity index (χ2n) is 2.96. The van der Waals surface area contributed by atoms with Gasteiger partial charge in [-0.2, -0.15) is 0 Å². The number of carbonyl (C=O) groups is 2. The van der Waals surface area contributed by atoms with Gasteiger partial charge in [-0.1, -0.05) is 0 Å². The Balaban J connectivity index is 2.76. The zero-order valence-electron chi connectivity index (χ0n) is 7.81. The van der Waals surface area contributed by atoms with Gasteiger partial charge in [0.25, 0.3) is 0 Å². The topological polar surface area (TPSA) is 63.6 Å². The molecule has 0 bridgehead atoms. The molecule has 0 aromatic carbocycles. The van der Waals surface area contributed by atoms with Crippen LogP contribution >= 0.6 is 11.3 Å². The maximum atomic E-state index is 11.3. The van der Waals surface area contributed by atoms with Crippen LogP contribution in [0.2, 0.25) is 0 Å². The Labute approximate surface area is 85.1 Å². The summed E-state index contributed by atoms with van der Waals surface area (Å²) < 4.78 is 4.91. The van der Waals surface area contributed by atoms with Gasteiger partial charge in [0, 0.05) is 5.38 Å². The summed E-state index contributed by atoms with van der Waals surface area (Å²) in [4.78, 5) is 22.1. The number of hydrogen-bond donors (Lipinski definition) is 1. The minimum Gasteiger partial charge on any atom is -0.478 e. The van der Waals surface area contributed by atoms with Gasteiger partial charge >= 0.3 is 11.9 Å². The number of carbonyl (C=O) groups excluding carboxylic acids is 1. The fraction of sp³-hybridized carbons (Fsp3) is 0.333. The predicted molar refractivity (Wildman–Crippen MR) is 51.8 cm³/mol. The largest absolute Gasteiger partial charge is 0.478 e. The zero-order chi connectivity index (χ0) is 10.7. The summed E-state index contributed by atoms with van der Waals surface area (Å²) in [7, 11) is 0. The molecule has 0 saturated carbocycles. The van der Waals surface area contributed by atoms with Crippen LogP contribution in [0.3, 0.4) is 0 Å². The number of carboxylic acids is 1. The molecule has 1 N–H and O–H groups in total. The number of thiophene rings is 1. The molecule has 76 valence electrons. The number of esters is 1. The van der Waals surface area contributed by atoms with Crippen LogP contribution in [0.1, 0.15) is 33.9 Å². The van der Waals surface area contributed by atoms with Crippen molar-refractivity contribution in [1.29, 1.82) is 0 Å². The van der Waals surface area contributed by atoms with Crippen molar-refractivity contribution in [2.75, 3.05) is 0 Å². The van der Waals surface area contributed by atoms with E-state index in [0.717, 1.165) is 11.3 Å². The summed E-state index contributed by atoms with van der Waals surface area (Å²) in [6, 6.07) is 1.32. The van der Waals surface area contributed by atoms with E-state index in [1.807, 2.05) is 0 Å². The van der Waals surface area contributed by atoms with Crippen LogP contribution in [0.25, 0.3) is 0 Å². The van der Waals surface area contributed by atoms with Gasteiger partial charge in [-0.05, 0) is 19.9 Å². The molecule has 1 heterocycles. The molecule has 4 nitrogen and oxygen atoms in total. The maximum absolute atomic E-state index is 11.3. The molecule has 0 atom stereocenters. The minimum absolute atomic E-state index is 0.116. The molecule has 0 fully saturated rings. The summed E-state index contributed by atoms with van der Waals surface area (Å²) in [5.74, 6) is -1.51. The lowest BCUT2D eigenvalue weighted by Gasteiger charge is -2.05. The normalized spacial score (nSPS) is 10.2. The molecule has 14 heavy (non-hydrogen) atoms. The van der Waals surface area contributed by atoms with Crippen molar-refractivity contribution >= 4 is 23.3 Å². The van der Waals surface area contributed by atoms with Crippen molar-refractivity contribution in [1.82, 2.24) is 0 Å². The van der Waals surface area contributed by atoms with E-state index in [-0.39, 0.29) is 11.7 Å². The van der Waals surface area contributed by atoms with Crippen molar-refractivity contribution in [3.8, 4) is 0 Å². The highest BCUT2D eigenvalue weighted by molar-refractivity contribution is 7.12. The number of ether oxygens (including phenoxy) is 1. The third kappa shape index (κ3) is 2.56. The van der Waals surface area contributed by atoms with Gasteiger partial charge in [0.15, 0.2) is 0 Å². The van der Waals surface area contributed by atoms with Crippen LogP contribution in [0.4, 0.5) is 0 Å². The Bertz CT molecular complexity index is 353. The molecule has 1 rings (SSSR count). The highest BCUT2D eigenvalue weighted by atomic mass is 32.1. The van der Waals surface area contributed by atoms with Gasteiger partial charge in [-0.3, -0.25) is 0 Å². The SMILES string of the molecule is CC(C)OC(=O)c1cc(C(=O)O)cs1. The lowest BCUT2D eigenvalue weighted by molar-refractivity contribution is 0.0384. The molecule has 0 saturated heterocycles. The first-order chi connectivity index (χ1) is 6.50. The fourth-order valence-electron chi connectivity index (χ4n) is 0.828. The van der Waals surface area contributed by atoms with Crippen molar-refractivity contribution in [3.05, 3.63) is 21.9 Å². The number of aromatic carboxylic acids is 1. The molecule has 0 radical (unpaired) electrons. The van der Waals surface area contributed by atoms with E-state index in [4.69, 9.17) is 9.84 Å². The van der Waals surface area contributed by atoms with Gasteiger partial charge in [-0.25, -0.2) is 9.59 Å². The Morgan fingerprint density at radius 2 is 2.14 bits per heavy atom. The van der Waals surface area contributed by atoms with Gasteiger partial charge in [-0.15, -0.1) is 11.3 Å². The highest BCUT2D eigenvalue weighted by Gasteiger charge is 2.14. The summed E-state index contributed by atoms with van der Waals surface area (Å²) in [6.07, 6.45) is -0.196.